The Morgan fingerprint density at radius 1 is 1.25 bits per heavy atom. The fourth-order valence-corrected chi connectivity index (χ4v) is 3.17. The molecule has 4 rings (SSSR count). The molecule has 5 nitrogen and oxygen atoms in total. The first-order valence-corrected chi connectivity index (χ1v) is 7.75. The Morgan fingerprint density at radius 2 is 2.08 bits per heavy atom. The average Bonchev–Trinajstić information content (AvgIpc) is 3.23. The van der Waals surface area contributed by atoms with Crippen LogP contribution >= 0.6 is 0 Å². The summed E-state index contributed by atoms with van der Waals surface area (Å²) in [7, 11) is 0. The van der Waals surface area contributed by atoms with Crippen LogP contribution in [0.15, 0.2) is 48.9 Å². The number of aryl methyl sites for hydroxylation is 1. The molecule has 24 heavy (non-hydrogen) atoms. The van der Waals surface area contributed by atoms with Gasteiger partial charge in [0.05, 0.1) is 23.5 Å². The topological polar surface area (TPSA) is 70.7 Å². The zero-order valence-electron chi connectivity index (χ0n) is 12.8. The van der Waals surface area contributed by atoms with E-state index in [1.807, 2.05) is 12.1 Å². The van der Waals surface area contributed by atoms with E-state index in [0.29, 0.717) is 11.3 Å². The number of pyridine rings is 1. The Morgan fingerprint density at radius 3 is 2.92 bits per heavy atom. The van der Waals surface area contributed by atoms with Crippen LogP contribution in [0.1, 0.15) is 33.9 Å². The Balaban J connectivity index is 1.58. The van der Waals surface area contributed by atoms with Gasteiger partial charge in [-0.15, -0.1) is 0 Å². The van der Waals surface area contributed by atoms with Gasteiger partial charge in [0.1, 0.15) is 5.82 Å². The summed E-state index contributed by atoms with van der Waals surface area (Å²) >= 11 is 0. The molecule has 6 heteroatoms. The number of nitrogens with one attached hydrogen (secondary N) is 2. The number of rotatable bonds is 3. The van der Waals surface area contributed by atoms with Crippen LogP contribution in [0.3, 0.4) is 0 Å². The van der Waals surface area contributed by atoms with Gasteiger partial charge >= 0.3 is 0 Å². The molecule has 1 aliphatic carbocycles. The number of aromatic nitrogens is 3. The smallest absolute Gasteiger partial charge is 0.255 e. The zero-order valence-corrected chi connectivity index (χ0v) is 12.8. The van der Waals surface area contributed by atoms with Crippen LogP contribution in [0.5, 0.6) is 0 Å². The monoisotopic (exact) mass is 322 g/mol. The molecule has 120 valence electrons. The third kappa shape index (κ3) is 2.56. The van der Waals surface area contributed by atoms with Crippen LogP contribution in [0.4, 0.5) is 4.39 Å². The van der Waals surface area contributed by atoms with Gasteiger partial charge in [-0.2, -0.15) is 5.10 Å². The van der Waals surface area contributed by atoms with E-state index in [9.17, 15) is 9.18 Å². The summed E-state index contributed by atoms with van der Waals surface area (Å²) in [5.41, 5.74) is 3.94. The standard InChI is InChI=1S/C18H15FN4O/c19-13-2-3-14-12(9-13)1-4-16(14)22-18(24)15-10-21-23-17(15)11-5-7-20-8-6-11/h2-3,5-10,16H,1,4H2,(H,21,23)(H,22,24)/t16-/m0/s1. The van der Waals surface area contributed by atoms with Gasteiger partial charge in [0.15, 0.2) is 0 Å². The lowest BCUT2D eigenvalue weighted by Gasteiger charge is -2.14. The molecule has 0 unspecified atom stereocenters. The van der Waals surface area contributed by atoms with Crippen molar-refractivity contribution in [3.63, 3.8) is 0 Å². The predicted molar refractivity (Wildman–Crippen MR) is 86.7 cm³/mol. The van der Waals surface area contributed by atoms with Gasteiger partial charge in [-0.25, -0.2) is 4.39 Å². The summed E-state index contributed by atoms with van der Waals surface area (Å²) in [4.78, 5) is 16.7. The molecule has 0 bridgehead atoms. The summed E-state index contributed by atoms with van der Waals surface area (Å²) in [5.74, 6) is -0.437. The highest BCUT2D eigenvalue weighted by Crippen LogP contribution is 2.32. The van der Waals surface area contributed by atoms with E-state index < -0.39 is 0 Å². The second-order valence-corrected chi connectivity index (χ2v) is 5.80. The Labute approximate surface area is 137 Å². The number of aromatic amines is 1. The van der Waals surface area contributed by atoms with Crippen molar-refractivity contribution in [3.05, 3.63) is 71.4 Å². The van der Waals surface area contributed by atoms with Crippen molar-refractivity contribution in [2.24, 2.45) is 0 Å². The van der Waals surface area contributed by atoms with E-state index in [2.05, 4.69) is 20.5 Å². The van der Waals surface area contributed by atoms with Crippen LogP contribution in [-0.2, 0) is 6.42 Å². The van der Waals surface area contributed by atoms with E-state index in [-0.39, 0.29) is 17.8 Å². The zero-order chi connectivity index (χ0) is 16.5. The molecular formula is C18H15FN4O. The van der Waals surface area contributed by atoms with Crippen molar-refractivity contribution in [1.82, 2.24) is 20.5 Å². The summed E-state index contributed by atoms with van der Waals surface area (Å²) in [5, 5.41) is 9.89. The minimum absolute atomic E-state index is 0.103. The lowest BCUT2D eigenvalue weighted by molar-refractivity contribution is 0.0937. The maximum absolute atomic E-state index is 13.3. The van der Waals surface area contributed by atoms with Gasteiger partial charge in [-0.1, -0.05) is 6.07 Å². The first-order valence-electron chi connectivity index (χ1n) is 7.75. The number of fused-ring (bicyclic) bond motifs is 1. The van der Waals surface area contributed by atoms with Crippen molar-refractivity contribution in [1.29, 1.82) is 0 Å². The number of amides is 1. The van der Waals surface area contributed by atoms with Gasteiger partial charge < -0.3 is 5.32 Å². The lowest BCUT2D eigenvalue weighted by atomic mass is 10.1. The molecule has 2 aromatic heterocycles. The fourth-order valence-electron chi connectivity index (χ4n) is 3.17. The SMILES string of the molecule is O=C(N[C@H]1CCc2cc(F)ccc21)c1cn[nH]c1-c1ccncc1. The van der Waals surface area contributed by atoms with E-state index >= 15 is 0 Å². The molecule has 1 amide bonds. The van der Waals surface area contributed by atoms with Gasteiger partial charge in [0.25, 0.3) is 5.91 Å². The van der Waals surface area contributed by atoms with E-state index in [0.717, 1.165) is 29.5 Å². The normalized spacial score (nSPS) is 16.0. The third-order valence-electron chi connectivity index (χ3n) is 4.34. The van der Waals surface area contributed by atoms with Crippen molar-refractivity contribution in [2.75, 3.05) is 0 Å². The largest absolute Gasteiger partial charge is 0.345 e. The fraction of sp³-hybridized carbons (Fsp3) is 0.167. The van der Waals surface area contributed by atoms with Crippen molar-refractivity contribution in [3.8, 4) is 11.3 Å². The molecule has 0 spiro atoms. The molecule has 2 heterocycles. The molecule has 0 fully saturated rings. The minimum Gasteiger partial charge on any atom is -0.345 e. The number of carbonyl (C=O) groups is 1. The van der Waals surface area contributed by atoms with Crippen LogP contribution in [0.25, 0.3) is 11.3 Å². The summed E-state index contributed by atoms with van der Waals surface area (Å²) in [6.07, 6.45) is 6.39. The number of carbonyl (C=O) groups excluding carboxylic acids is 1. The number of hydrogen-bond donors (Lipinski definition) is 2. The molecule has 0 saturated heterocycles. The summed E-state index contributed by atoms with van der Waals surface area (Å²) < 4.78 is 13.3. The number of benzene rings is 1. The molecule has 1 atom stereocenters. The quantitative estimate of drug-likeness (QED) is 0.778. The molecule has 1 aliphatic rings. The molecule has 2 N–H and O–H groups in total. The van der Waals surface area contributed by atoms with Gasteiger partial charge in [-0.3, -0.25) is 14.9 Å². The van der Waals surface area contributed by atoms with Crippen LogP contribution in [0, 0.1) is 5.82 Å². The van der Waals surface area contributed by atoms with E-state index in [1.54, 1.807) is 24.5 Å². The van der Waals surface area contributed by atoms with Gasteiger partial charge in [0, 0.05) is 18.0 Å². The highest BCUT2D eigenvalue weighted by atomic mass is 19.1. The highest BCUT2D eigenvalue weighted by molar-refractivity contribution is 5.99. The van der Waals surface area contributed by atoms with Crippen LogP contribution in [-0.4, -0.2) is 21.1 Å². The number of halogens is 1. The number of H-pyrrole nitrogens is 1. The second-order valence-electron chi connectivity index (χ2n) is 5.80. The van der Waals surface area contributed by atoms with Crippen molar-refractivity contribution in [2.45, 2.75) is 18.9 Å². The molecule has 0 saturated carbocycles. The maximum Gasteiger partial charge on any atom is 0.255 e. The van der Waals surface area contributed by atoms with Crippen molar-refractivity contribution >= 4 is 5.91 Å². The van der Waals surface area contributed by atoms with Crippen molar-refractivity contribution < 1.29 is 9.18 Å². The highest BCUT2D eigenvalue weighted by Gasteiger charge is 2.26. The first kappa shape index (κ1) is 14.6. The lowest BCUT2D eigenvalue weighted by Crippen LogP contribution is -2.27. The Kier molecular flexibility index (Phi) is 3.57. The molecule has 0 radical (unpaired) electrons. The molecular weight excluding hydrogens is 307 g/mol. The molecule has 1 aromatic carbocycles. The second kappa shape index (κ2) is 5.88. The third-order valence-corrected chi connectivity index (χ3v) is 4.34. The first-order chi connectivity index (χ1) is 11.7. The Hall–Kier alpha value is -3.02. The van der Waals surface area contributed by atoms with Crippen LogP contribution in [0.2, 0.25) is 0 Å². The van der Waals surface area contributed by atoms with Gasteiger partial charge in [0.2, 0.25) is 0 Å². The molecule has 0 aliphatic heterocycles. The Bertz CT molecular complexity index is 891. The van der Waals surface area contributed by atoms with Gasteiger partial charge in [-0.05, 0) is 48.2 Å². The summed E-state index contributed by atoms with van der Waals surface area (Å²) in [6.45, 7) is 0. The number of nitrogens with zero attached hydrogens (tertiary/aromatic N) is 2. The minimum atomic E-state index is -0.240. The van der Waals surface area contributed by atoms with E-state index in [1.165, 1.54) is 12.3 Å². The average molecular weight is 322 g/mol. The summed E-state index contributed by atoms with van der Waals surface area (Å²) in [6, 6.07) is 8.26. The van der Waals surface area contributed by atoms with Crippen LogP contribution < -0.4 is 5.32 Å². The van der Waals surface area contributed by atoms with E-state index in [4.69, 9.17) is 0 Å². The molecule has 3 aromatic rings. The maximum atomic E-state index is 13.3. The number of hydrogen-bond acceptors (Lipinski definition) is 3. The predicted octanol–water partition coefficient (Wildman–Crippen LogP) is 3.03.